The lowest BCUT2D eigenvalue weighted by atomic mass is 10.2. The van der Waals surface area contributed by atoms with E-state index in [0.29, 0.717) is 24.4 Å². The second kappa shape index (κ2) is 6.34. The van der Waals surface area contributed by atoms with Crippen LogP contribution in [0, 0.1) is 5.82 Å². The van der Waals surface area contributed by atoms with Crippen LogP contribution in [0.2, 0.25) is 0 Å². The largest absolute Gasteiger partial charge is 0.463 e. The van der Waals surface area contributed by atoms with Crippen molar-refractivity contribution in [2.45, 2.75) is 13.1 Å². The van der Waals surface area contributed by atoms with Crippen LogP contribution in [0.15, 0.2) is 40.8 Å². The normalized spacial score (nSPS) is 10.8. The van der Waals surface area contributed by atoms with Gasteiger partial charge in [-0.15, -0.1) is 0 Å². The monoisotopic (exact) mass is 277 g/mol. The van der Waals surface area contributed by atoms with Gasteiger partial charge in [0.25, 0.3) is 0 Å². The molecule has 1 aromatic heterocycles. The molecule has 1 aromatic carbocycles. The number of carbonyl (C=O) groups excluding carboxylic acids is 1. The Morgan fingerprint density at radius 2 is 2.00 bits per heavy atom. The predicted octanol–water partition coefficient (Wildman–Crippen LogP) is 2.84. The molecule has 0 atom stereocenters. The van der Waals surface area contributed by atoms with Crippen molar-refractivity contribution in [3.05, 3.63) is 59.3 Å². The first-order valence-corrected chi connectivity index (χ1v) is 6.19. The van der Waals surface area contributed by atoms with E-state index in [2.05, 4.69) is 4.74 Å². The van der Waals surface area contributed by atoms with Gasteiger partial charge in [-0.3, -0.25) is 4.90 Å². The van der Waals surface area contributed by atoms with Gasteiger partial charge >= 0.3 is 5.97 Å². The maximum atomic E-state index is 13.5. The minimum atomic E-state index is -0.506. The fourth-order valence-corrected chi connectivity index (χ4v) is 1.91. The molecule has 2 aromatic rings. The van der Waals surface area contributed by atoms with Crippen molar-refractivity contribution in [2.24, 2.45) is 0 Å². The van der Waals surface area contributed by atoms with Gasteiger partial charge in [-0.05, 0) is 25.2 Å². The van der Waals surface area contributed by atoms with E-state index in [0.717, 1.165) is 0 Å². The number of ether oxygens (including phenoxy) is 1. The molecule has 0 spiro atoms. The number of halogens is 1. The molecule has 0 saturated heterocycles. The van der Waals surface area contributed by atoms with Gasteiger partial charge < -0.3 is 9.15 Å². The molecule has 2 rings (SSSR count). The second-order valence-electron chi connectivity index (χ2n) is 4.52. The lowest BCUT2D eigenvalue weighted by Gasteiger charge is -2.15. The minimum Gasteiger partial charge on any atom is -0.463 e. The number of esters is 1. The van der Waals surface area contributed by atoms with E-state index in [9.17, 15) is 9.18 Å². The molecule has 0 amide bonds. The Labute approximate surface area is 116 Å². The fraction of sp³-hybridized carbons (Fsp3) is 0.267. The van der Waals surface area contributed by atoms with E-state index in [1.165, 1.54) is 13.2 Å². The molecule has 0 aliphatic carbocycles. The molecule has 0 bridgehead atoms. The van der Waals surface area contributed by atoms with E-state index in [-0.39, 0.29) is 11.6 Å². The maximum absolute atomic E-state index is 13.5. The Balaban J connectivity index is 1.98. The van der Waals surface area contributed by atoms with E-state index in [4.69, 9.17) is 4.42 Å². The Morgan fingerprint density at radius 3 is 2.70 bits per heavy atom. The van der Waals surface area contributed by atoms with Crippen LogP contribution in [0.1, 0.15) is 21.9 Å². The molecule has 5 heteroatoms. The SMILES string of the molecule is COC(=O)c1ccc(CN(C)Cc2ccccc2F)o1. The van der Waals surface area contributed by atoms with Crippen molar-refractivity contribution < 1.29 is 18.3 Å². The summed E-state index contributed by atoms with van der Waals surface area (Å²) < 4.78 is 23.5. The van der Waals surface area contributed by atoms with Crippen LogP contribution in [0.3, 0.4) is 0 Å². The number of nitrogens with zero attached hydrogens (tertiary/aromatic N) is 1. The Morgan fingerprint density at radius 1 is 1.25 bits per heavy atom. The van der Waals surface area contributed by atoms with Crippen molar-refractivity contribution >= 4 is 5.97 Å². The highest BCUT2D eigenvalue weighted by atomic mass is 19.1. The van der Waals surface area contributed by atoms with Gasteiger partial charge in [-0.2, -0.15) is 0 Å². The highest BCUT2D eigenvalue weighted by molar-refractivity contribution is 5.86. The number of benzene rings is 1. The molecule has 20 heavy (non-hydrogen) atoms. The number of rotatable bonds is 5. The van der Waals surface area contributed by atoms with Crippen LogP contribution < -0.4 is 0 Å². The highest BCUT2D eigenvalue weighted by Crippen LogP contribution is 2.14. The van der Waals surface area contributed by atoms with E-state index in [1.807, 2.05) is 11.9 Å². The highest BCUT2D eigenvalue weighted by Gasteiger charge is 2.13. The lowest BCUT2D eigenvalue weighted by Crippen LogP contribution is -2.17. The lowest BCUT2D eigenvalue weighted by molar-refractivity contribution is 0.0561. The van der Waals surface area contributed by atoms with Crippen molar-refractivity contribution in [1.29, 1.82) is 0 Å². The summed E-state index contributed by atoms with van der Waals surface area (Å²) in [6.45, 7) is 0.937. The van der Waals surface area contributed by atoms with Crippen molar-refractivity contribution in [3.63, 3.8) is 0 Å². The van der Waals surface area contributed by atoms with Gasteiger partial charge in [-0.1, -0.05) is 18.2 Å². The summed E-state index contributed by atoms with van der Waals surface area (Å²) in [6, 6.07) is 9.92. The second-order valence-corrected chi connectivity index (χ2v) is 4.52. The quantitative estimate of drug-likeness (QED) is 0.788. The summed E-state index contributed by atoms with van der Waals surface area (Å²) in [5.41, 5.74) is 0.620. The molecule has 0 aliphatic heterocycles. The molecule has 0 aliphatic rings. The van der Waals surface area contributed by atoms with E-state index < -0.39 is 5.97 Å². The van der Waals surface area contributed by atoms with Gasteiger partial charge in [0.2, 0.25) is 5.76 Å². The fourth-order valence-electron chi connectivity index (χ4n) is 1.91. The molecule has 0 unspecified atom stereocenters. The topological polar surface area (TPSA) is 42.7 Å². The van der Waals surface area contributed by atoms with Gasteiger partial charge in [0.15, 0.2) is 0 Å². The number of carbonyl (C=O) groups is 1. The Kier molecular flexibility index (Phi) is 4.53. The first kappa shape index (κ1) is 14.3. The van der Waals surface area contributed by atoms with Gasteiger partial charge in [0.1, 0.15) is 11.6 Å². The Bertz CT molecular complexity index is 594. The van der Waals surface area contributed by atoms with E-state index >= 15 is 0 Å². The van der Waals surface area contributed by atoms with Gasteiger partial charge in [0, 0.05) is 12.1 Å². The summed E-state index contributed by atoms with van der Waals surface area (Å²) >= 11 is 0. The molecule has 1 heterocycles. The minimum absolute atomic E-state index is 0.168. The molecular weight excluding hydrogens is 261 g/mol. The summed E-state index contributed by atoms with van der Waals surface area (Å²) in [7, 11) is 3.15. The molecule has 4 nitrogen and oxygen atoms in total. The summed E-state index contributed by atoms with van der Waals surface area (Å²) in [5, 5.41) is 0. The third-order valence-electron chi connectivity index (χ3n) is 2.87. The molecule has 0 radical (unpaired) electrons. The molecule has 0 N–H and O–H groups in total. The zero-order valence-electron chi connectivity index (χ0n) is 11.4. The summed E-state index contributed by atoms with van der Waals surface area (Å²) in [5.74, 6) is 0.0630. The third kappa shape index (κ3) is 3.45. The van der Waals surface area contributed by atoms with Gasteiger partial charge in [0.05, 0.1) is 13.7 Å². The van der Waals surface area contributed by atoms with Crippen LogP contribution in [-0.4, -0.2) is 25.0 Å². The number of furan rings is 1. The standard InChI is InChI=1S/C15H16FNO3/c1-17(9-11-5-3-4-6-13(11)16)10-12-7-8-14(20-12)15(18)19-2/h3-8H,9-10H2,1-2H3. The molecular formula is C15H16FNO3. The number of hydrogen-bond acceptors (Lipinski definition) is 4. The average molecular weight is 277 g/mol. The molecule has 0 saturated carbocycles. The van der Waals surface area contributed by atoms with Crippen molar-refractivity contribution in [3.8, 4) is 0 Å². The zero-order chi connectivity index (χ0) is 14.5. The first-order valence-electron chi connectivity index (χ1n) is 6.19. The smallest absolute Gasteiger partial charge is 0.373 e. The first-order chi connectivity index (χ1) is 9.60. The number of hydrogen-bond donors (Lipinski definition) is 0. The van der Waals surface area contributed by atoms with Crippen molar-refractivity contribution in [1.82, 2.24) is 4.90 Å². The van der Waals surface area contributed by atoms with E-state index in [1.54, 1.807) is 30.3 Å². The van der Waals surface area contributed by atoms with Crippen LogP contribution in [0.25, 0.3) is 0 Å². The molecule has 106 valence electrons. The summed E-state index contributed by atoms with van der Waals surface area (Å²) in [4.78, 5) is 13.2. The van der Waals surface area contributed by atoms with Crippen LogP contribution >= 0.6 is 0 Å². The van der Waals surface area contributed by atoms with Crippen LogP contribution in [0.4, 0.5) is 4.39 Å². The van der Waals surface area contributed by atoms with Crippen LogP contribution in [-0.2, 0) is 17.8 Å². The van der Waals surface area contributed by atoms with Crippen molar-refractivity contribution in [2.75, 3.05) is 14.2 Å². The average Bonchev–Trinajstić information content (AvgIpc) is 2.89. The van der Waals surface area contributed by atoms with Gasteiger partial charge in [-0.25, -0.2) is 9.18 Å². The Hall–Kier alpha value is -2.14. The number of methoxy groups -OCH3 is 1. The summed E-state index contributed by atoms with van der Waals surface area (Å²) in [6.07, 6.45) is 0. The van der Waals surface area contributed by atoms with Crippen LogP contribution in [0.5, 0.6) is 0 Å². The third-order valence-corrected chi connectivity index (χ3v) is 2.87. The molecule has 0 fully saturated rings. The zero-order valence-corrected chi connectivity index (χ0v) is 11.4. The maximum Gasteiger partial charge on any atom is 0.373 e. The predicted molar refractivity (Wildman–Crippen MR) is 71.6 cm³/mol.